The minimum Gasteiger partial charge on any atom is -0.480 e. The van der Waals surface area contributed by atoms with E-state index in [1.165, 1.54) is 25.7 Å². The molecule has 4 heteroatoms. The summed E-state index contributed by atoms with van der Waals surface area (Å²) in [5.41, 5.74) is -0.486. The Morgan fingerprint density at radius 1 is 1.36 bits per heavy atom. The zero-order chi connectivity index (χ0) is 9.05. The lowest BCUT2D eigenvalue weighted by atomic mass is 9.83. The first-order chi connectivity index (χ1) is 6.24. The van der Waals surface area contributed by atoms with Crippen LogP contribution in [0.2, 0.25) is 0 Å². The van der Waals surface area contributed by atoms with Crippen LogP contribution in [0, 0.1) is 11.8 Å². The summed E-state index contributed by atoms with van der Waals surface area (Å²) in [5, 5.41) is 12.4. The van der Waals surface area contributed by atoms with Gasteiger partial charge in [0.2, 0.25) is 0 Å². The molecule has 14 heavy (non-hydrogen) atoms. The van der Waals surface area contributed by atoms with Crippen molar-refractivity contribution in [3.63, 3.8) is 0 Å². The normalized spacial score (nSPS) is 48.7. The van der Waals surface area contributed by atoms with Gasteiger partial charge in [0.25, 0.3) is 0 Å². The van der Waals surface area contributed by atoms with E-state index in [0.29, 0.717) is 17.9 Å². The molecule has 80 valence electrons. The van der Waals surface area contributed by atoms with Crippen LogP contribution in [-0.2, 0) is 4.79 Å². The average Bonchev–Trinajstić information content (AvgIpc) is 2.76. The molecule has 2 N–H and O–H groups in total. The predicted molar refractivity (Wildman–Crippen MR) is 54.6 cm³/mol. The van der Waals surface area contributed by atoms with Crippen LogP contribution in [0.25, 0.3) is 0 Å². The highest BCUT2D eigenvalue weighted by Crippen LogP contribution is 2.58. The molecule has 0 aromatic heterocycles. The van der Waals surface area contributed by atoms with E-state index in [1.54, 1.807) is 0 Å². The number of carbonyl (C=O) groups is 1. The van der Waals surface area contributed by atoms with E-state index in [9.17, 15) is 4.79 Å². The largest absolute Gasteiger partial charge is 0.480 e. The summed E-state index contributed by atoms with van der Waals surface area (Å²) in [6, 6.07) is 0.517. The molecule has 0 bridgehead atoms. The quantitative estimate of drug-likeness (QED) is 0.699. The van der Waals surface area contributed by atoms with Crippen molar-refractivity contribution in [1.29, 1.82) is 0 Å². The number of hydrogen-bond acceptors (Lipinski definition) is 2. The lowest BCUT2D eigenvalue weighted by Crippen LogP contribution is -2.43. The van der Waals surface area contributed by atoms with Gasteiger partial charge in [-0.3, -0.25) is 10.1 Å². The van der Waals surface area contributed by atoms with Crippen LogP contribution in [-0.4, -0.2) is 22.7 Å². The van der Waals surface area contributed by atoms with Gasteiger partial charge in [-0.15, -0.1) is 12.4 Å². The summed E-state index contributed by atoms with van der Waals surface area (Å²) in [5.74, 6) is 0.507. The second kappa shape index (κ2) is 3.11. The number of hydrogen-bond donors (Lipinski definition) is 2. The molecule has 4 atom stereocenters. The van der Waals surface area contributed by atoms with Gasteiger partial charge in [-0.1, -0.05) is 12.8 Å². The molecule has 1 aliphatic heterocycles. The molecule has 3 nitrogen and oxygen atoms in total. The Labute approximate surface area is 89.7 Å². The molecule has 0 radical (unpaired) electrons. The fraction of sp³-hybridized carbons (Fsp3) is 0.900. The number of aliphatic carboxylic acids is 1. The van der Waals surface area contributed by atoms with Crippen LogP contribution in [0.3, 0.4) is 0 Å². The Hall–Kier alpha value is -0.280. The molecule has 3 aliphatic rings. The third-order valence-electron chi connectivity index (χ3n) is 4.18. The number of fused-ring (bicyclic) bond motifs is 3. The predicted octanol–water partition coefficient (Wildman–Crippen LogP) is 1.41. The molecule has 0 aromatic rings. The van der Waals surface area contributed by atoms with E-state index in [2.05, 4.69) is 5.32 Å². The zero-order valence-electron chi connectivity index (χ0n) is 8.03. The number of carboxylic acid groups (broad SMARTS) is 1. The average molecular weight is 218 g/mol. The molecular formula is C10H16ClNO2. The minimum absolute atomic E-state index is 0. The Morgan fingerprint density at radius 3 is 2.71 bits per heavy atom. The standard InChI is InChI=1S/C10H15NO2.ClH/c12-9(13)10-5-7(10)6-3-1-2-4-8(6)11-10;/h6-8,11H,1-5H2,(H,12,13);1H/t6-,7-,8-,10-;/m0./s1. The van der Waals surface area contributed by atoms with E-state index < -0.39 is 11.5 Å². The van der Waals surface area contributed by atoms with Crippen molar-refractivity contribution in [1.82, 2.24) is 5.32 Å². The van der Waals surface area contributed by atoms with Crippen molar-refractivity contribution in [2.45, 2.75) is 43.7 Å². The van der Waals surface area contributed by atoms with Crippen molar-refractivity contribution >= 4 is 18.4 Å². The molecule has 0 spiro atoms. The van der Waals surface area contributed by atoms with Crippen molar-refractivity contribution in [3.8, 4) is 0 Å². The van der Waals surface area contributed by atoms with Crippen molar-refractivity contribution < 1.29 is 9.90 Å². The number of piperidine rings is 1. The van der Waals surface area contributed by atoms with Crippen LogP contribution < -0.4 is 5.32 Å². The molecule has 2 aliphatic carbocycles. The van der Waals surface area contributed by atoms with Crippen molar-refractivity contribution in [2.75, 3.05) is 0 Å². The zero-order valence-corrected chi connectivity index (χ0v) is 8.85. The molecule has 1 heterocycles. The number of rotatable bonds is 1. The van der Waals surface area contributed by atoms with Crippen LogP contribution in [0.5, 0.6) is 0 Å². The topological polar surface area (TPSA) is 49.3 Å². The second-order valence-electron chi connectivity index (χ2n) is 4.79. The van der Waals surface area contributed by atoms with Crippen LogP contribution in [0.15, 0.2) is 0 Å². The molecule has 3 fully saturated rings. The molecule has 3 rings (SSSR count). The number of nitrogens with one attached hydrogen (secondary N) is 1. The van der Waals surface area contributed by atoms with E-state index in [1.807, 2.05) is 0 Å². The van der Waals surface area contributed by atoms with Gasteiger partial charge in [0.1, 0.15) is 5.54 Å². The second-order valence-corrected chi connectivity index (χ2v) is 4.79. The van der Waals surface area contributed by atoms with Gasteiger partial charge < -0.3 is 5.11 Å². The SMILES string of the molecule is Cl.O=C(O)[C@]12C[C@H]1[C@@H]1CCCC[C@@H]1N2. The lowest BCUT2D eigenvalue weighted by molar-refractivity contribution is -0.140. The van der Waals surface area contributed by atoms with Gasteiger partial charge in [-0.2, -0.15) is 0 Å². The fourth-order valence-electron chi connectivity index (χ4n) is 3.43. The fourth-order valence-corrected chi connectivity index (χ4v) is 3.43. The molecule has 0 amide bonds. The number of carboxylic acids is 1. The van der Waals surface area contributed by atoms with Gasteiger partial charge in [-0.05, 0) is 31.1 Å². The van der Waals surface area contributed by atoms with Crippen LogP contribution in [0.1, 0.15) is 32.1 Å². The Kier molecular flexibility index (Phi) is 2.27. The van der Waals surface area contributed by atoms with Crippen LogP contribution in [0.4, 0.5) is 0 Å². The highest BCUT2D eigenvalue weighted by Gasteiger charge is 2.69. The van der Waals surface area contributed by atoms with E-state index >= 15 is 0 Å². The summed E-state index contributed by atoms with van der Waals surface area (Å²) in [4.78, 5) is 11.0. The maximum atomic E-state index is 11.0. The monoisotopic (exact) mass is 217 g/mol. The highest BCUT2D eigenvalue weighted by atomic mass is 35.5. The minimum atomic E-state index is -0.619. The molecule has 1 saturated heterocycles. The first-order valence-corrected chi connectivity index (χ1v) is 5.25. The van der Waals surface area contributed by atoms with Crippen LogP contribution >= 0.6 is 12.4 Å². The summed E-state index contributed by atoms with van der Waals surface area (Å²) >= 11 is 0. The lowest BCUT2D eigenvalue weighted by Gasteiger charge is -2.27. The molecule has 0 aromatic carbocycles. The Bertz CT molecular complexity index is 271. The molecular weight excluding hydrogens is 202 g/mol. The van der Waals surface area contributed by atoms with Gasteiger partial charge in [0.15, 0.2) is 0 Å². The third kappa shape index (κ3) is 1.12. The van der Waals surface area contributed by atoms with E-state index in [-0.39, 0.29) is 12.4 Å². The Morgan fingerprint density at radius 2 is 2.07 bits per heavy atom. The summed E-state index contributed by atoms with van der Waals surface area (Å²) in [6.45, 7) is 0. The highest BCUT2D eigenvalue weighted by molar-refractivity contribution is 5.85. The van der Waals surface area contributed by atoms with Crippen molar-refractivity contribution in [3.05, 3.63) is 0 Å². The van der Waals surface area contributed by atoms with Gasteiger partial charge in [-0.25, -0.2) is 0 Å². The van der Waals surface area contributed by atoms with Gasteiger partial charge in [0, 0.05) is 6.04 Å². The maximum absolute atomic E-state index is 11.0. The van der Waals surface area contributed by atoms with Gasteiger partial charge >= 0.3 is 5.97 Å². The number of halogens is 1. The van der Waals surface area contributed by atoms with Crippen molar-refractivity contribution in [2.24, 2.45) is 11.8 Å². The first kappa shape index (κ1) is 10.2. The third-order valence-corrected chi connectivity index (χ3v) is 4.18. The van der Waals surface area contributed by atoms with Gasteiger partial charge in [0.05, 0.1) is 0 Å². The maximum Gasteiger partial charge on any atom is 0.324 e. The smallest absolute Gasteiger partial charge is 0.324 e. The van der Waals surface area contributed by atoms with E-state index in [4.69, 9.17) is 5.11 Å². The first-order valence-electron chi connectivity index (χ1n) is 5.25. The molecule has 2 saturated carbocycles. The summed E-state index contributed by atoms with van der Waals surface area (Å²) in [6.07, 6.45) is 5.89. The molecule has 0 unspecified atom stereocenters. The summed E-state index contributed by atoms with van der Waals surface area (Å²) in [7, 11) is 0. The van der Waals surface area contributed by atoms with E-state index in [0.717, 1.165) is 6.42 Å². The Balaban J connectivity index is 0.000000750. The summed E-state index contributed by atoms with van der Waals surface area (Å²) < 4.78 is 0.